The van der Waals surface area contributed by atoms with E-state index in [0.717, 1.165) is 11.1 Å². The summed E-state index contributed by atoms with van der Waals surface area (Å²) in [6.07, 6.45) is 5.09. The fourth-order valence-electron chi connectivity index (χ4n) is 2.48. The summed E-state index contributed by atoms with van der Waals surface area (Å²) >= 11 is 11.9. The molecule has 0 aliphatic carbocycles. The summed E-state index contributed by atoms with van der Waals surface area (Å²) < 4.78 is 0. The minimum atomic E-state index is 0.379. The summed E-state index contributed by atoms with van der Waals surface area (Å²) in [6, 6.07) is 5.26. The van der Waals surface area contributed by atoms with Crippen LogP contribution in [0.4, 0.5) is 5.95 Å². The van der Waals surface area contributed by atoms with Crippen LogP contribution < -0.4 is 4.90 Å². The number of hydrogen-bond acceptors (Lipinski definition) is 6. The number of rotatable bonds is 2. The molecule has 1 aliphatic rings. The molecule has 0 N–H and O–H groups in total. The fourth-order valence-corrected chi connectivity index (χ4v) is 2.80. The summed E-state index contributed by atoms with van der Waals surface area (Å²) in [5.74, 6) is 1.08. The molecule has 3 aromatic rings. The predicted octanol–water partition coefficient (Wildman–Crippen LogP) is 3.16. The first-order valence-electron chi connectivity index (χ1n) is 6.89. The van der Waals surface area contributed by atoms with Crippen molar-refractivity contribution in [3.63, 3.8) is 0 Å². The Labute approximate surface area is 142 Å². The lowest BCUT2D eigenvalue weighted by atomic mass is 10.2. The second-order valence-electron chi connectivity index (χ2n) is 5.08. The van der Waals surface area contributed by atoms with E-state index in [2.05, 4.69) is 29.8 Å². The van der Waals surface area contributed by atoms with Crippen LogP contribution in [0.1, 0.15) is 11.1 Å². The molecule has 0 spiro atoms. The Morgan fingerprint density at radius 3 is 2.57 bits per heavy atom. The molecule has 0 unspecified atom stereocenters. The first-order chi connectivity index (χ1) is 11.2. The summed E-state index contributed by atoms with van der Waals surface area (Å²) in [5, 5.41) is 0.872. The Bertz CT molecular complexity index is 885. The average molecular weight is 345 g/mol. The Morgan fingerprint density at radius 1 is 0.870 bits per heavy atom. The average Bonchev–Trinajstić information content (AvgIpc) is 2.98. The molecular formula is C15H10Cl2N6. The van der Waals surface area contributed by atoms with Gasteiger partial charge in [-0.15, -0.1) is 0 Å². The number of halogens is 2. The third-order valence-electron chi connectivity index (χ3n) is 3.55. The van der Waals surface area contributed by atoms with Crippen LogP contribution >= 0.6 is 23.2 Å². The SMILES string of the molecule is Clc1cc2c(cn1)CN(c1nccc(-c3nccc(Cl)n3)n1)C2. The smallest absolute Gasteiger partial charge is 0.226 e. The second-order valence-corrected chi connectivity index (χ2v) is 5.85. The highest BCUT2D eigenvalue weighted by Crippen LogP contribution is 2.27. The highest BCUT2D eigenvalue weighted by Gasteiger charge is 2.22. The first kappa shape index (κ1) is 14.3. The maximum atomic E-state index is 5.95. The lowest BCUT2D eigenvalue weighted by Crippen LogP contribution is -2.17. The molecule has 0 fully saturated rings. The van der Waals surface area contributed by atoms with Crippen molar-refractivity contribution >= 4 is 29.2 Å². The van der Waals surface area contributed by atoms with Crippen LogP contribution in [0.15, 0.2) is 36.8 Å². The van der Waals surface area contributed by atoms with Gasteiger partial charge in [-0.3, -0.25) is 0 Å². The molecule has 1 aliphatic heterocycles. The molecule has 114 valence electrons. The van der Waals surface area contributed by atoms with Crippen molar-refractivity contribution in [3.8, 4) is 11.5 Å². The molecule has 0 saturated carbocycles. The van der Waals surface area contributed by atoms with Crippen molar-refractivity contribution in [2.24, 2.45) is 0 Å². The zero-order chi connectivity index (χ0) is 15.8. The zero-order valence-corrected chi connectivity index (χ0v) is 13.3. The van der Waals surface area contributed by atoms with Crippen molar-refractivity contribution in [3.05, 3.63) is 58.2 Å². The third-order valence-corrected chi connectivity index (χ3v) is 3.97. The number of pyridine rings is 1. The predicted molar refractivity (Wildman–Crippen MR) is 87.2 cm³/mol. The minimum Gasteiger partial charge on any atom is -0.332 e. The van der Waals surface area contributed by atoms with Gasteiger partial charge in [0, 0.05) is 31.7 Å². The molecule has 6 nitrogen and oxygen atoms in total. The van der Waals surface area contributed by atoms with Gasteiger partial charge in [-0.25, -0.2) is 24.9 Å². The standard InChI is InChI=1S/C15H10Cl2N6/c16-12-2-4-18-14(22-12)11-1-3-19-15(21-11)23-7-9-5-13(17)20-6-10(9)8-23/h1-6H,7-8H2. The van der Waals surface area contributed by atoms with E-state index in [-0.39, 0.29) is 0 Å². The van der Waals surface area contributed by atoms with E-state index in [9.17, 15) is 0 Å². The Hall–Kier alpha value is -2.31. The van der Waals surface area contributed by atoms with E-state index >= 15 is 0 Å². The van der Waals surface area contributed by atoms with Crippen LogP contribution in [-0.2, 0) is 13.1 Å². The lowest BCUT2D eigenvalue weighted by molar-refractivity contribution is 0.827. The van der Waals surface area contributed by atoms with E-state index in [4.69, 9.17) is 23.2 Å². The lowest BCUT2D eigenvalue weighted by Gasteiger charge is -2.15. The van der Waals surface area contributed by atoms with Crippen molar-refractivity contribution < 1.29 is 0 Å². The number of fused-ring (bicyclic) bond motifs is 1. The Morgan fingerprint density at radius 2 is 1.70 bits per heavy atom. The monoisotopic (exact) mass is 344 g/mol. The van der Waals surface area contributed by atoms with Crippen molar-refractivity contribution in [1.29, 1.82) is 0 Å². The number of nitrogens with zero attached hydrogens (tertiary/aromatic N) is 6. The van der Waals surface area contributed by atoms with Crippen LogP contribution in [0.3, 0.4) is 0 Å². The third kappa shape index (κ3) is 2.83. The first-order valence-corrected chi connectivity index (χ1v) is 7.65. The van der Waals surface area contributed by atoms with Gasteiger partial charge in [0.25, 0.3) is 0 Å². The number of aromatic nitrogens is 5. The largest absolute Gasteiger partial charge is 0.332 e. The Balaban J connectivity index is 1.65. The van der Waals surface area contributed by atoms with Gasteiger partial charge in [0.1, 0.15) is 16.0 Å². The van der Waals surface area contributed by atoms with Crippen LogP contribution in [0.2, 0.25) is 10.3 Å². The van der Waals surface area contributed by atoms with Gasteiger partial charge in [-0.1, -0.05) is 23.2 Å². The molecule has 0 aromatic carbocycles. The number of hydrogen-bond donors (Lipinski definition) is 0. The van der Waals surface area contributed by atoms with E-state index < -0.39 is 0 Å². The van der Waals surface area contributed by atoms with E-state index in [1.54, 1.807) is 30.7 Å². The normalized spacial score (nSPS) is 13.2. The van der Waals surface area contributed by atoms with Crippen LogP contribution in [0, 0.1) is 0 Å². The molecule has 4 heterocycles. The molecule has 0 bridgehead atoms. The maximum Gasteiger partial charge on any atom is 0.226 e. The van der Waals surface area contributed by atoms with E-state index in [1.807, 2.05) is 6.07 Å². The maximum absolute atomic E-state index is 5.95. The highest BCUT2D eigenvalue weighted by atomic mass is 35.5. The van der Waals surface area contributed by atoms with Gasteiger partial charge in [0.05, 0.1) is 0 Å². The molecule has 0 amide bonds. The Kier molecular flexibility index (Phi) is 3.55. The van der Waals surface area contributed by atoms with Crippen LogP contribution in [-0.4, -0.2) is 24.9 Å². The highest BCUT2D eigenvalue weighted by molar-refractivity contribution is 6.29. The van der Waals surface area contributed by atoms with Gasteiger partial charge < -0.3 is 4.90 Å². The molecule has 0 saturated heterocycles. The second kappa shape index (κ2) is 5.72. The molecule has 0 atom stereocenters. The molecule has 0 radical (unpaired) electrons. The number of anilines is 1. The zero-order valence-electron chi connectivity index (χ0n) is 11.8. The van der Waals surface area contributed by atoms with Gasteiger partial charge in [-0.2, -0.15) is 0 Å². The molecule has 3 aromatic heterocycles. The molecule has 23 heavy (non-hydrogen) atoms. The summed E-state index contributed by atoms with van der Waals surface area (Å²) in [6.45, 7) is 1.39. The summed E-state index contributed by atoms with van der Waals surface area (Å²) in [4.78, 5) is 23.4. The molecular weight excluding hydrogens is 335 g/mol. The van der Waals surface area contributed by atoms with Gasteiger partial charge in [0.2, 0.25) is 5.95 Å². The van der Waals surface area contributed by atoms with Gasteiger partial charge >= 0.3 is 0 Å². The molecule has 8 heteroatoms. The van der Waals surface area contributed by atoms with Crippen molar-refractivity contribution in [2.45, 2.75) is 13.1 Å². The van der Waals surface area contributed by atoms with Gasteiger partial charge in [-0.05, 0) is 29.3 Å². The van der Waals surface area contributed by atoms with E-state index in [0.29, 0.717) is 40.9 Å². The van der Waals surface area contributed by atoms with Crippen molar-refractivity contribution in [1.82, 2.24) is 24.9 Å². The molecule has 4 rings (SSSR count). The van der Waals surface area contributed by atoms with Gasteiger partial charge in [0.15, 0.2) is 5.82 Å². The summed E-state index contributed by atoms with van der Waals surface area (Å²) in [5.41, 5.74) is 2.89. The summed E-state index contributed by atoms with van der Waals surface area (Å²) in [7, 11) is 0. The van der Waals surface area contributed by atoms with Crippen LogP contribution in [0.25, 0.3) is 11.5 Å². The fraction of sp³-hybridized carbons (Fsp3) is 0.133. The van der Waals surface area contributed by atoms with Crippen molar-refractivity contribution in [2.75, 3.05) is 4.90 Å². The quantitative estimate of drug-likeness (QED) is 0.525. The van der Waals surface area contributed by atoms with E-state index in [1.165, 1.54) is 0 Å². The minimum absolute atomic E-state index is 0.379. The van der Waals surface area contributed by atoms with Crippen LogP contribution in [0.5, 0.6) is 0 Å². The topological polar surface area (TPSA) is 67.7 Å².